The lowest BCUT2D eigenvalue weighted by Gasteiger charge is -2.39. The van der Waals surface area contributed by atoms with Crippen LogP contribution in [0.15, 0.2) is 24.3 Å². The molecule has 0 bridgehead atoms. The first-order chi connectivity index (χ1) is 8.61. The second-order valence-electron chi connectivity index (χ2n) is 5.73. The van der Waals surface area contributed by atoms with Gasteiger partial charge < -0.3 is 5.32 Å². The second kappa shape index (κ2) is 6.08. The summed E-state index contributed by atoms with van der Waals surface area (Å²) < 4.78 is 0. The maximum atomic E-state index is 6.24. The Balaban J connectivity index is 1.82. The molecule has 0 saturated heterocycles. The first-order valence-corrected chi connectivity index (χ1v) is 7.50. The van der Waals surface area contributed by atoms with E-state index < -0.39 is 0 Å². The summed E-state index contributed by atoms with van der Waals surface area (Å²) in [5.74, 6) is 1.41. The minimum Gasteiger partial charge on any atom is -0.311 e. The number of rotatable bonds is 5. The summed E-state index contributed by atoms with van der Waals surface area (Å²) in [4.78, 5) is 0. The van der Waals surface area contributed by atoms with Crippen molar-refractivity contribution in [2.75, 3.05) is 0 Å². The molecular formula is C16H24ClN. The predicted octanol–water partition coefficient (Wildman–Crippen LogP) is 4.61. The lowest BCUT2D eigenvalue weighted by Crippen LogP contribution is -2.46. The molecule has 100 valence electrons. The van der Waals surface area contributed by atoms with E-state index >= 15 is 0 Å². The Labute approximate surface area is 116 Å². The van der Waals surface area contributed by atoms with Gasteiger partial charge in [-0.25, -0.2) is 0 Å². The van der Waals surface area contributed by atoms with Crippen molar-refractivity contribution >= 4 is 11.6 Å². The molecule has 2 rings (SSSR count). The van der Waals surface area contributed by atoms with Crippen LogP contribution in [0.5, 0.6) is 0 Å². The Morgan fingerprint density at radius 1 is 1.28 bits per heavy atom. The van der Waals surface area contributed by atoms with E-state index in [4.69, 9.17) is 11.6 Å². The summed E-state index contributed by atoms with van der Waals surface area (Å²) in [5, 5.41) is 4.67. The van der Waals surface area contributed by atoms with Gasteiger partial charge in [-0.1, -0.05) is 50.1 Å². The van der Waals surface area contributed by atoms with E-state index in [0.717, 1.165) is 10.9 Å². The van der Waals surface area contributed by atoms with Crippen molar-refractivity contribution < 1.29 is 0 Å². The molecule has 2 unspecified atom stereocenters. The third-order valence-electron chi connectivity index (χ3n) is 4.48. The molecule has 1 nitrogen and oxygen atoms in total. The van der Waals surface area contributed by atoms with Crippen LogP contribution in [-0.4, -0.2) is 12.1 Å². The summed E-state index contributed by atoms with van der Waals surface area (Å²) >= 11 is 6.24. The van der Waals surface area contributed by atoms with Crippen LogP contribution in [0.3, 0.4) is 0 Å². The minimum absolute atomic E-state index is 0.618. The highest BCUT2D eigenvalue weighted by atomic mass is 35.5. The van der Waals surface area contributed by atoms with E-state index in [2.05, 4.69) is 38.2 Å². The topological polar surface area (TPSA) is 12.0 Å². The third-order valence-corrected chi connectivity index (χ3v) is 4.82. The standard InChI is InChI=1S/C16H24ClN/c1-4-11(2)12(3)18-14-9-13(10-14)15-7-5-6-8-16(15)17/h5-8,11-14,18H,4,9-10H2,1-3H3. The van der Waals surface area contributed by atoms with Crippen LogP contribution in [-0.2, 0) is 0 Å². The van der Waals surface area contributed by atoms with E-state index in [1.807, 2.05) is 12.1 Å². The fourth-order valence-corrected chi connectivity index (χ4v) is 2.99. The van der Waals surface area contributed by atoms with Gasteiger partial charge in [0.05, 0.1) is 0 Å². The van der Waals surface area contributed by atoms with Gasteiger partial charge in [-0.3, -0.25) is 0 Å². The van der Waals surface area contributed by atoms with E-state index in [-0.39, 0.29) is 0 Å². The molecule has 1 N–H and O–H groups in total. The van der Waals surface area contributed by atoms with Gasteiger partial charge in [0.1, 0.15) is 0 Å². The Hall–Kier alpha value is -0.530. The minimum atomic E-state index is 0.618. The molecule has 1 aliphatic rings. The summed E-state index contributed by atoms with van der Waals surface area (Å²) in [6, 6.07) is 9.55. The van der Waals surface area contributed by atoms with Crippen molar-refractivity contribution in [3.05, 3.63) is 34.9 Å². The Morgan fingerprint density at radius 2 is 1.94 bits per heavy atom. The van der Waals surface area contributed by atoms with Gasteiger partial charge in [0.2, 0.25) is 0 Å². The molecule has 2 atom stereocenters. The van der Waals surface area contributed by atoms with Gasteiger partial charge in [0.25, 0.3) is 0 Å². The number of benzene rings is 1. The largest absolute Gasteiger partial charge is 0.311 e. The van der Waals surface area contributed by atoms with Gasteiger partial charge in [-0.05, 0) is 43.2 Å². The summed E-state index contributed by atoms with van der Waals surface area (Å²) in [6.07, 6.45) is 3.70. The smallest absolute Gasteiger partial charge is 0.0440 e. The van der Waals surface area contributed by atoms with Gasteiger partial charge in [0, 0.05) is 17.1 Å². The molecule has 1 fully saturated rings. The predicted molar refractivity (Wildman–Crippen MR) is 79.3 cm³/mol. The highest BCUT2D eigenvalue weighted by Gasteiger charge is 2.32. The fraction of sp³-hybridized carbons (Fsp3) is 0.625. The number of halogens is 1. The Bertz CT molecular complexity index is 384. The lowest BCUT2D eigenvalue weighted by atomic mass is 9.75. The molecule has 0 radical (unpaired) electrons. The molecule has 0 spiro atoms. The summed E-state index contributed by atoms with van der Waals surface area (Å²) in [5.41, 5.74) is 1.33. The van der Waals surface area contributed by atoms with Crippen molar-refractivity contribution in [3.63, 3.8) is 0 Å². The molecule has 1 aromatic rings. The molecule has 0 amide bonds. The van der Waals surface area contributed by atoms with E-state index in [1.165, 1.54) is 24.8 Å². The van der Waals surface area contributed by atoms with Gasteiger partial charge >= 0.3 is 0 Å². The van der Waals surface area contributed by atoms with Crippen LogP contribution in [0.4, 0.5) is 0 Å². The van der Waals surface area contributed by atoms with Crippen LogP contribution >= 0.6 is 11.6 Å². The zero-order chi connectivity index (χ0) is 13.1. The first kappa shape index (κ1) is 13.9. The maximum absolute atomic E-state index is 6.24. The molecule has 1 aliphatic carbocycles. The van der Waals surface area contributed by atoms with E-state index in [1.54, 1.807) is 0 Å². The maximum Gasteiger partial charge on any atom is 0.0440 e. The quantitative estimate of drug-likeness (QED) is 0.820. The molecule has 1 aromatic carbocycles. The van der Waals surface area contributed by atoms with Crippen molar-refractivity contribution in [2.24, 2.45) is 5.92 Å². The molecular weight excluding hydrogens is 242 g/mol. The van der Waals surface area contributed by atoms with Crippen LogP contribution in [0, 0.1) is 5.92 Å². The zero-order valence-corrected chi connectivity index (χ0v) is 12.4. The molecule has 0 heterocycles. The number of hydrogen-bond donors (Lipinski definition) is 1. The highest BCUT2D eigenvalue weighted by Crippen LogP contribution is 2.40. The monoisotopic (exact) mass is 265 g/mol. The molecule has 18 heavy (non-hydrogen) atoms. The zero-order valence-electron chi connectivity index (χ0n) is 11.6. The van der Waals surface area contributed by atoms with E-state index in [9.17, 15) is 0 Å². The average molecular weight is 266 g/mol. The molecule has 0 aromatic heterocycles. The van der Waals surface area contributed by atoms with Crippen LogP contribution < -0.4 is 5.32 Å². The normalized spacial score (nSPS) is 26.4. The van der Waals surface area contributed by atoms with E-state index in [0.29, 0.717) is 18.0 Å². The van der Waals surface area contributed by atoms with Crippen molar-refractivity contribution in [1.29, 1.82) is 0 Å². The van der Waals surface area contributed by atoms with Crippen molar-refractivity contribution in [2.45, 2.75) is 58.0 Å². The number of nitrogens with one attached hydrogen (secondary N) is 1. The van der Waals surface area contributed by atoms with Crippen LogP contribution in [0.2, 0.25) is 5.02 Å². The van der Waals surface area contributed by atoms with Crippen LogP contribution in [0.25, 0.3) is 0 Å². The fourth-order valence-electron chi connectivity index (χ4n) is 2.70. The summed E-state index contributed by atoms with van der Waals surface area (Å²) in [6.45, 7) is 6.88. The summed E-state index contributed by atoms with van der Waals surface area (Å²) in [7, 11) is 0. The lowest BCUT2D eigenvalue weighted by molar-refractivity contribution is 0.241. The van der Waals surface area contributed by atoms with Gasteiger partial charge in [-0.15, -0.1) is 0 Å². The Kier molecular flexibility index (Phi) is 4.69. The average Bonchev–Trinajstić information content (AvgIpc) is 2.33. The number of hydrogen-bond acceptors (Lipinski definition) is 1. The van der Waals surface area contributed by atoms with Gasteiger partial charge in [0.15, 0.2) is 0 Å². The SMILES string of the molecule is CCC(C)C(C)NC1CC(c2ccccc2Cl)C1. The third kappa shape index (κ3) is 3.07. The second-order valence-corrected chi connectivity index (χ2v) is 6.13. The Morgan fingerprint density at radius 3 is 2.56 bits per heavy atom. The highest BCUT2D eigenvalue weighted by molar-refractivity contribution is 6.31. The molecule has 2 heteroatoms. The first-order valence-electron chi connectivity index (χ1n) is 7.12. The molecule has 1 saturated carbocycles. The van der Waals surface area contributed by atoms with Crippen molar-refractivity contribution in [3.8, 4) is 0 Å². The van der Waals surface area contributed by atoms with Gasteiger partial charge in [-0.2, -0.15) is 0 Å². The van der Waals surface area contributed by atoms with Crippen molar-refractivity contribution in [1.82, 2.24) is 5.32 Å². The molecule has 0 aliphatic heterocycles. The van der Waals surface area contributed by atoms with Crippen LogP contribution in [0.1, 0.15) is 51.5 Å².